The zero-order valence-corrected chi connectivity index (χ0v) is 14.5. The SMILES string of the molecule is O=C(NO)c1ccc2c(n1)CCN(S(=O)(=O)c1ccc(C(F)(F)F)cc1)C2. The normalized spacial score (nSPS) is 15.3. The quantitative estimate of drug-likeness (QED) is 0.605. The Labute approximate surface area is 152 Å². The number of benzene rings is 1. The minimum atomic E-state index is -4.55. The number of sulfonamides is 1. The maximum atomic E-state index is 12.7. The lowest BCUT2D eigenvalue weighted by Gasteiger charge is -2.27. The summed E-state index contributed by atoms with van der Waals surface area (Å²) in [5, 5.41) is 8.64. The highest BCUT2D eigenvalue weighted by atomic mass is 32.2. The van der Waals surface area contributed by atoms with Gasteiger partial charge in [-0.25, -0.2) is 18.9 Å². The molecule has 0 saturated carbocycles. The molecule has 1 aromatic heterocycles. The number of halogens is 3. The van der Waals surface area contributed by atoms with Crippen molar-refractivity contribution in [1.82, 2.24) is 14.8 Å². The molecule has 11 heteroatoms. The molecule has 1 aliphatic rings. The van der Waals surface area contributed by atoms with Crippen molar-refractivity contribution < 1.29 is 31.6 Å². The Morgan fingerprint density at radius 3 is 2.41 bits per heavy atom. The van der Waals surface area contributed by atoms with Crippen molar-refractivity contribution in [3.8, 4) is 0 Å². The lowest BCUT2D eigenvalue weighted by Crippen LogP contribution is -2.36. The first-order chi connectivity index (χ1) is 12.6. The number of nitrogens with zero attached hydrogens (tertiary/aromatic N) is 2. The number of carbonyl (C=O) groups is 1. The molecule has 2 N–H and O–H groups in total. The van der Waals surface area contributed by atoms with E-state index in [4.69, 9.17) is 5.21 Å². The Balaban J connectivity index is 1.84. The van der Waals surface area contributed by atoms with Gasteiger partial charge in [0.2, 0.25) is 10.0 Å². The third-order valence-corrected chi connectivity index (χ3v) is 6.03. The van der Waals surface area contributed by atoms with Crippen LogP contribution in [-0.2, 0) is 29.2 Å². The van der Waals surface area contributed by atoms with Gasteiger partial charge in [0.1, 0.15) is 5.69 Å². The standard InChI is InChI=1S/C16H14F3N3O4S/c17-16(18,19)11-2-4-12(5-3-11)27(25,26)22-8-7-13-10(9-22)1-6-14(20-13)15(23)21-24/h1-6,24H,7-9H2,(H,21,23). The monoisotopic (exact) mass is 401 g/mol. The maximum Gasteiger partial charge on any atom is 0.416 e. The number of hydrogen-bond acceptors (Lipinski definition) is 5. The van der Waals surface area contributed by atoms with Gasteiger partial charge in [-0.1, -0.05) is 6.07 Å². The summed E-state index contributed by atoms with van der Waals surface area (Å²) in [6.45, 7) is 0.0419. The third kappa shape index (κ3) is 3.80. The van der Waals surface area contributed by atoms with E-state index in [0.29, 0.717) is 11.3 Å². The van der Waals surface area contributed by atoms with Crippen LogP contribution in [0.5, 0.6) is 0 Å². The zero-order valence-electron chi connectivity index (χ0n) is 13.7. The van der Waals surface area contributed by atoms with Crippen LogP contribution in [0.4, 0.5) is 13.2 Å². The molecule has 144 valence electrons. The summed E-state index contributed by atoms with van der Waals surface area (Å²) < 4.78 is 64.5. The van der Waals surface area contributed by atoms with Crippen molar-refractivity contribution in [2.75, 3.05) is 6.54 Å². The number of alkyl halides is 3. The molecule has 0 fully saturated rings. The minimum Gasteiger partial charge on any atom is -0.288 e. The van der Waals surface area contributed by atoms with E-state index in [1.165, 1.54) is 17.6 Å². The molecule has 3 rings (SSSR count). The van der Waals surface area contributed by atoms with Gasteiger partial charge < -0.3 is 0 Å². The van der Waals surface area contributed by atoms with Crippen molar-refractivity contribution in [3.05, 3.63) is 58.9 Å². The Morgan fingerprint density at radius 1 is 1.15 bits per heavy atom. The van der Waals surface area contributed by atoms with Gasteiger partial charge in [0.15, 0.2) is 0 Å². The summed E-state index contributed by atoms with van der Waals surface area (Å²) in [6.07, 6.45) is -4.32. The van der Waals surface area contributed by atoms with Gasteiger partial charge in [-0.15, -0.1) is 0 Å². The van der Waals surface area contributed by atoms with Gasteiger partial charge in [0, 0.05) is 25.2 Å². The molecule has 2 heterocycles. The first-order valence-corrected chi connectivity index (χ1v) is 9.17. The second-order valence-electron chi connectivity index (χ2n) is 5.85. The number of amides is 1. The second-order valence-corrected chi connectivity index (χ2v) is 7.79. The van der Waals surface area contributed by atoms with Gasteiger partial charge in [-0.3, -0.25) is 10.0 Å². The number of fused-ring (bicyclic) bond motifs is 1. The van der Waals surface area contributed by atoms with Gasteiger partial charge in [-0.2, -0.15) is 17.5 Å². The number of nitrogens with one attached hydrogen (secondary N) is 1. The number of rotatable bonds is 3. The lowest BCUT2D eigenvalue weighted by molar-refractivity contribution is -0.137. The van der Waals surface area contributed by atoms with Gasteiger partial charge >= 0.3 is 6.18 Å². The van der Waals surface area contributed by atoms with Crippen LogP contribution in [0, 0.1) is 0 Å². The molecule has 1 aliphatic heterocycles. The van der Waals surface area contributed by atoms with E-state index in [9.17, 15) is 26.4 Å². The van der Waals surface area contributed by atoms with Gasteiger partial charge in [0.25, 0.3) is 5.91 Å². The van der Waals surface area contributed by atoms with Crippen LogP contribution < -0.4 is 5.48 Å². The van der Waals surface area contributed by atoms with Crippen LogP contribution in [0.1, 0.15) is 27.3 Å². The average molecular weight is 401 g/mol. The molecule has 0 unspecified atom stereocenters. The van der Waals surface area contributed by atoms with Crippen LogP contribution >= 0.6 is 0 Å². The predicted octanol–water partition coefficient (Wildman–Crippen LogP) is 1.97. The molecule has 0 spiro atoms. The Hall–Kier alpha value is -2.50. The van der Waals surface area contributed by atoms with Crippen molar-refractivity contribution in [3.63, 3.8) is 0 Å². The predicted molar refractivity (Wildman–Crippen MR) is 86.2 cm³/mol. The fraction of sp³-hybridized carbons (Fsp3) is 0.250. The lowest BCUT2D eigenvalue weighted by atomic mass is 10.1. The number of hydroxylamine groups is 1. The maximum absolute atomic E-state index is 12.7. The van der Waals surface area contributed by atoms with Crippen LogP contribution in [0.15, 0.2) is 41.3 Å². The summed E-state index contributed by atoms with van der Waals surface area (Å²) in [6, 6.07) is 6.19. The molecule has 0 bridgehead atoms. The molecular formula is C16H14F3N3O4S. The number of pyridine rings is 1. The van der Waals surface area contributed by atoms with Crippen molar-refractivity contribution in [2.45, 2.75) is 24.0 Å². The van der Waals surface area contributed by atoms with Crippen LogP contribution in [0.25, 0.3) is 0 Å². The van der Waals surface area contributed by atoms with Gasteiger partial charge in [-0.05, 0) is 35.9 Å². The van der Waals surface area contributed by atoms with E-state index < -0.39 is 27.7 Å². The Kier molecular flexibility index (Phi) is 4.93. The van der Waals surface area contributed by atoms with Gasteiger partial charge in [0.05, 0.1) is 10.5 Å². The average Bonchev–Trinajstić information content (AvgIpc) is 2.65. The fourth-order valence-corrected chi connectivity index (χ4v) is 4.16. The Bertz CT molecular complexity index is 975. The summed E-state index contributed by atoms with van der Waals surface area (Å²) in [4.78, 5) is 15.3. The number of hydrogen-bond donors (Lipinski definition) is 2. The van der Waals surface area contributed by atoms with E-state index in [0.717, 1.165) is 28.6 Å². The highest BCUT2D eigenvalue weighted by Crippen LogP contribution is 2.31. The third-order valence-electron chi connectivity index (χ3n) is 4.17. The molecule has 2 aromatic rings. The molecular weight excluding hydrogens is 387 g/mol. The molecule has 0 radical (unpaired) electrons. The van der Waals surface area contributed by atoms with E-state index in [2.05, 4.69) is 4.98 Å². The first-order valence-electron chi connectivity index (χ1n) is 7.73. The van der Waals surface area contributed by atoms with Crippen molar-refractivity contribution >= 4 is 15.9 Å². The molecule has 0 aliphatic carbocycles. The molecule has 1 amide bonds. The summed E-state index contributed by atoms with van der Waals surface area (Å²) in [5.74, 6) is -0.780. The highest BCUT2D eigenvalue weighted by Gasteiger charge is 2.33. The van der Waals surface area contributed by atoms with E-state index in [-0.39, 0.29) is 30.1 Å². The minimum absolute atomic E-state index is 0.00435. The Morgan fingerprint density at radius 2 is 1.81 bits per heavy atom. The molecule has 1 aromatic carbocycles. The first kappa shape index (κ1) is 19.3. The van der Waals surface area contributed by atoms with Crippen LogP contribution in [-0.4, -0.2) is 35.4 Å². The largest absolute Gasteiger partial charge is 0.416 e. The van der Waals surface area contributed by atoms with Crippen LogP contribution in [0.2, 0.25) is 0 Å². The number of aromatic nitrogens is 1. The zero-order chi connectivity index (χ0) is 19.8. The van der Waals surface area contributed by atoms with Crippen molar-refractivity contribution in [2.24, 2.45) is 0 Å². The smallest absolute Gasteiger partial charge is 0.288 e. The highest BCUT2D eigenvalue weighted by molar-refractivity contribution is 7.89. The summed E-state index contributed by atoms with van der Waals surface area (Å²) >= 11 is 0. The molecule has 27 heavy (non-hydrogen) atoms. The fourth-order valence-electron chi connectivity index (χ4n) is 2.74. The molecule has 0 saturated heterocycles. The summed E-state index contributed by atoms with van der Waals surface area (Å²) in [5.41, 5.74) is 1.64. The van der Waals surface area contributed by atoms with E-state index in [1.807, 2.05) is 0 Å². The number of carbonyl (C=O) groups excluding carboxylic acids is 1. The van der Waals surface area contributed by atoms with Crippen molar-refractivity contribution in [1.29, 1.82) is 0 Å². The second kappa shape index (κ2) is 6.91. The van der Waals surface area contributed by atoms with Crippen LogP contribution in [0.3, 0.4) is 0 Å². The van der Waals surface area contributed by atoms with E-state index >= 15 is 0 Å². The van der Waals surface area contributed by atoms with E-state index in [1.54, 1.807) is 0 Å². The summed E-state index contributed by atoms with van der Waals surface area (Å²) in [7, 11) is -3.98. The topological polar surface area (TPSA) is 99.6 Å². The molecule has 0 atom stereocenters. The molecule has 7 nitrogen and oxygen atoms in total.